The Morgan fingerprint density at radius 2 is 2.00 bits per heavy atom. The third-order valence-corrected chi connectivity index (χ3v) is 5.15. The second-order valence-electron chi connectivity index (χ2n) is 5.76. The molecule has 2 N–H and O–H groups in total. The van der Waals surface area contributed by atoms with Crippen LogP contribution >= 0.6 is 23.4 Å². The summed E-state index contributed by atoms with van der Waals surface area (Å²) in [5, 5.41) is 10.8. The standard InChI is InChI=1S/C16H17ClN4O3S/c1-9(22)8-25-16-18-13-12(14(23)19-15(24)20(13)2)21(16)7-10-3-5-11(17)6-4-10/h3-6,9,22H,7-8H2,1-2H3,(H,19,23,24)/t9-/m1/s1. The minimum absolute atomic E-state index is 0.316. The summed E-state index contributed by atoms with van der Waals surface area (Å²) < 4.78 is 3.06. The number of aromatic amines is 1. The highest BCUT2D eigenvalue weighted by Crippen LogP contribution is 2.23. The lowest BCUT2D eigenvalue weighted by Gasteiger charge is -2.09. The predicted molar refractivity (Wildman–Crippen MR) is 98.6 cm³/mol. The van der Waals surface area contributed by atoms with Crippen LogP contribution in [0.2, 0.25) is 5.02 Å². The third-order valence-electron chi connectivity index (χ3n) is 3.68. The van der Waals surface area contributed by atoms with E-state index in [9.17, 15) is 14.7 Å². The Labute approximate surface area is 152 Å². The maximum atomic E-state index is 12.4. The molecule has 9 heteroatoms. The van der Waals surface area contributed by atoms with Crippen molar-refractivity contribution in [2.45, 2.75) is 24.7 Å². The van der Waals surface area contributed by atoms with Crippen molar-refractivity contribution in [2.24, 2.45) is 7.05 Å². The van der Waals surface area contributed by atoms with Crippen LogP contribution in [0.5, 0.6) is 0 Å². The number of fused-ring (bicyclic) bond motifs is 1. The van der Waals surface area contributed by atoms with Crippen molar-refractivity contribution >= 4 is 34.5 Å². The van der Waals surface area contributed by atoms with Gasteiger partial charge in [-0.2, -0.15) is 0 Å². The van der Waals surface area contributed by atoms with Crippen molar-refractivity contribution in [1.82, 2.24) is 19.1 Å². The lowest BCUT2D eigenvalue weighted by Crippen LogP contribution is -2.29. The number of aromatic nitrogens is 4. The molecule has 0 bridgehead atoms. The third kappa shape index (κ3) is 3.65. The first kappa shape index (κ1) is 17.8. The number of thioether (sulfide) groups is 1. The number of aryl methyl sites for hydroxylation is 1. The highest BCUT2D eigenvalue weighted by Gasteiger charge is 2.18. The Kier molecular flexibility index (Phi) is 5.03. The van der Waals surface area contributed by atoms with E-state index in [4.69, 9.17) is 11.6 Å². The molecule has 0 spiro atoms. The predicted octanol–water partition coefficient (Wildman–Crippen LogP) is 1.60. The van der Waals surface area contributed by atoms with Gasteiger partial charge in [0, 0.05) is 17.8 Å². The Morgan fingerprint density at radius 1 is 1.32 bits per heavy atom. The quantitative estimate of drug-likeness (QED) is 0.656. The van der Waals surface area contributed by atoms with Gasteiger partial charge in [0.1, 0.15) is 0 Å². The van der Waals surface area contributed by atoms with Crippen molar-refractivity contribution in [2.75, 3.05) is 5.75 Å². The normalized spacial score (nSPS) is 12.6. The van der Waals surface area contributed by atoms with Gasteiger partial charge in [0.25, 0.3) is 5.56 Å². The average molecular weight is 381 g/mol. The topological polar surface area (TPSA) is 92.9 Å². The number of nitrogens with one attached hydrogen (secondary N) is 1. The lowest BCUT2D eigenvalue weighted by molar-refractivity contribution is 0.220. The first-order valence-corrected chi connectivity index (χ1v) is 8.98. The number of imidazole rings is 1. The molecule has 0 saturated carbocycles. The zero-order chi connectivity index (χ0) is 18.1. The van der Waals surface area contributed by atoms with Crippen LogP contribution in [0.3, 0.4) is 0 Å². The van der Waals surface area contributed by atoms with Crippen LogP contribution in [0.1, 0.15) is 12.5 Å². The summed E-state index contributed by atoms with van der Waals surface area (Å²) in [6.45, 7) is 2.08. The minimum atomic E-state index is -0.518. The molecule has 0 aliphatic heterocycles. The van der Waals surface area contributed by atoms with Gasteiger partial charge in [0.05, 0.1) is 12.6 Å². The molecule has 1 atom stereocenters. The van der Waals surface area contributed by atoms with Gasteiger partial charge in [0.2, 0.25) is 0 Å². The van der Waals surface area contributed by atoms with Crippen LogP contribution in [-0.2, 0) is 13.6 Å². The number of benzene rings is 1. The smallest absolute Gasteiger partial charge is 0.329 e. The molecule has 2 heterocycles. The number of aliphatic hydroxyl groups excluding tert-OH is 1. The monoisotopic (exact) mass is 380 g/mol. The number of nitrogens with zero attached hydrogens (tertiary/aromatic N) is 3. The maximum absolute atomic E-state index is 12.4. The van der Waals surface area contributed by atoms with Gasteiger partial charge in [-0.05, 0) is 24.6 Å². The first-order chi connectivity index (χ1) is 11.9. The molecule has 0 aliphatic carbocycles. The summed E-state index contributed by atoms with van der Waals surface area (Å²) in [5.41, 5.74) is 0.584. The van der Waals surface area contributed by atoms with E-state index in [1.807, 2.05) is 12.1 Å². The van der Waals surface area contributed by atoms with Gasteiger partial charge in [-0.1, -0.05) is 35.5 Å². The summed E-state index contributed by atoms with van der Waals surface area (Å²) in [7, 11) is 1.56. The van der Waals surface area contributed by atoms with Crippen molar-refractivity contribution in [3.8, 4) is 0 Å². The molecule has 0 fully saturated rings. The largest absolute Gasteiger partial charge is 0.393 e. The van der Waals surface area contributed by atoms with Crippen LogP contribution < -0.4 is 11.2 Å². The highest BCUT2D eigenvalue weighted by atomic mass is 35.5. The molecular weight excluding hydrogens is 364 g/mol. The number of hydrogen-bond acceptors (Lipinski definition) is 5. The van der Waals surface area contributed by atoms with Gasteiger partial charge in [0.15, 0.2) is 16.3 Å². The van der Waals surface area contributed by atoms with E-state index in [0.29, 0.717) is 33.6 Å². The Hall–Kier alpha value is -2.03. The maximum Gasteiger partial charge on any atom is 0.329 e. The zero-order valence-electron chi connectivity index (χ0n) is 13.7. The second-order valence-corrected chi connectivity index (χ2v) is 7.18. The highest BCUT2D eigenvalue weighted by molar-refractivity contribution is 7.99. The molecular formula is C16H17ClN4O3S. The molecule has 132 valence electrons. The van der Waals surface area contributed by atoms with E-state index in [0.717, 1.165) is 5.56 Å². The van der Waals surface area contributed by atoms with Crippen molar-refractivity contribution in [3.63, 3.8) is 0 Å². The summed E-state index contributed by atoms with van der Waals surface area (Å²) >= 11 is 7.26. The van der Waals surface area contributed by atoms with Crippen LogP contribution in [0, 0.1) is 0 Å². The van der Waals surface area contributed by atoms with E-state index < -0.39 is 17.4 Å². The van der Waals surface area contributed by atoms with E-state index in [1.54, 1.807) is 30.7 Å². The van der Waals surface area contributed by atoms with Gasteiger partial charge >= 0.3 is 5.69 Å². The molecule has 0 aliphatic rings. The molecule has 0 unspecified atom stereocenters. The Balaban J connectivity index is 2.16. The molecule has 2 aromatic heterocycles. The number of rotatable bonds is 5. The SMILES string of the molecule is C[C@@H](O)CSc1nc2c(c(=O)[nH]c(=O)n2C)n1Cc1ccc(Cl)cc1. The fraction of sp³-hybridized carbons (Fsp3) is 0.312. The van der Waals surface area contributed by atoms with Crippen molar-refractivity contribution < 1.29 is 5.11 Å². The van der Waals surface area contributed by atoms with Crippen LogP contribution in [0.15, 0.2) is 39.0 Å². The Bertz CT molecular complexity index is 1020. The molecule has 0 radical (unpaired) electrons. The van der Waals surface area contributed by atoms with E-state index in [2.05, 4.69) is 9.97 Å². The molecule has 3 rings (SSSR count). The van der Waals surface area contributed by atoms with E-state index in [-0.39, 0.29) is 0 Å². The lowest BCUT2D eigenvalue weighted by atomic mass is 10.2. The van der Waals surface area contributed by atoms with E-state index >= 15 is 0 Å². The van der Waals surface area contributed by atoms with Crippen LogP contribution in [-0.4, -0.2) is 36.1 Å². The fourth-order valence-corrected chi connectivity index (χ4v) is 3.42. The van der Waals surface area contributed by atoms with Crippen molar-refractivity contribution in [3.05, 3.63) is 55.7 Å². The summed E-state index contributed by atoms with van der Waals surface area (Å²) in [5.74, 6) is 0.426. The fourth-order valence-electron chi connectivity index (χ4n) is 2.44. The zero-order valence-corrected chi connectivity index (χ0v) is 15.3. The average Bonchev–Trinajstić information content (AvgIpc) is 2.92. The van der Waals surface area contributed by atoms with E-state index in [1.165, 1.54) is 16.3 Å². The Morgan fingerprint density at radius 3 is 2.64 bits per heavy atom. The number of aliphatic hydroxyl groups is 1. The van der Waals surface area contributed by atoms with Gasteiger partial charge < -0.3 is 9.67 Å². The van der Waals surface area contributed by atoms with Crippen LogP contribution in [0.4, 0.5) is 0 Å². The molecule has 3 aromatic rings. The molecule has 0 saturated heterocycles. The molecule has 7 nitrogen and oxygen atoms in total. The summed E-state index contributed by atoms with van der Waals surface area (Å²) in [6.07, 6.45) is -0.518. The number of halogens is 1. The van der Waals surface area contributed by atoms with Gasteiger partial charge in [-0.25, -0.2) is 9.78 Å². The summed E-state index contributed by atoms with van der Waals surface area (Å²) in [6, 6.07) is 7.29. The second kappa shape index (κ2) is 7.07. The van der Waals surface area contributed by atoms with Gasteiger partial charge in [-0.15, -0.1) is 0 Å². The molecule has 25 heavy (non-hydrogen) atoms. The summed E-state index contributed by atoms with van der Waals surface area (Å²) in [4.78, 5) is 30.9. The number of hydrogen-bond donors (Lipinski definition) is 2. The van der Waals surface area contributed by atoms with Gasteiger partial charge in [-0.3, -0.25) is 14.3 Å². The molecule has 1 aromatic carbocycles. The van der Waals surface area contributed by atoms with Crippen LogP contribution in [0.25, 0.3) is 11.2 Å². The number of H-pyrrole nitrogens is 1. The minimum Gasteiger partial charge on any atom is -0.393 e. The molecule has 0 amide bonds. The first-order valence-electron chi connectivity index (χ1n) is 7.61. The van der Waals surface area contributed by atoms with Crippen molar-refractivity contribution in [1.29, 1.82) is 0 Å².